The zero-order valence-corrected chi connectivity index (χ0v) is 17.3. The van der Waals surface area contributed by atoms with Gasteiger partial charge in [-0.3, -0.25) is 14.6 Å². The van der Waals surface area contributed by atoms with E-state index >= 15 is 0 Å². The maximum Gasteiger partial charge on any atom is 0.254 e. The van der Waals surface area contributed by atoms with Crippen LogP contribution in [0.1, 0.15) is 21.7 Å². The largest absolute Gasteiger partial charge is 0.487 e. The Bertz CT molecular complexity index is 987. The van der Waals surface area contributed by atoms with Gasteiger partial charge in [0.2, 0.25) is 5.91 Å². The van der Waals surface area contributed by atoms with Crippen LogP contribution in [-0.4, -0.2) is 57.8 Å². The van der Waals surface area contributed by atoms with Gasteiger partial charge in [-0.25, -0.2) is 4.98 Å². The number of hydrogen-bond donors (Lipinski definition) is 0. The van der Waals surface area contributed by atoms with Crippen LogP contribution in [0.4, 0.5) is 0 Å². The fourth-order valence-electron chi connectivity index (χ4n) is 3.30. The highest BCUT2D eigenvalue weighted by atomic mass is 32.1. The van der Waals surface area contributed by atoms with Crippen LogP contribution in [0.5, 0.6) is 5.75 Å². The molecule has 0 saturated carbocycles. The van der Waals surface area contributed by atoms with E-state index in [1.807, 2.05) is 35.7 Å². The lowest BCUT2D eigenvalue weighted by Crippen LogP contribution is -2.51. The molecule has 0 aliphatic carbocycles. The summed E-state index contributed by atoms with van der Waals surface area (Å²) in [5, 5.41) is 1.93. The molecule has 4 rings (SSSR count). The second-order valence-electron chi connectivity index (χ2n) is 6.97. The average Bonchev–Trinajstić information content (AvgIpc) is 3.32. The minimum atomic E-state index is -0.0501. The summed E-state index contributed by atoms with van der Waals surface area (Å²) in [6, 6.07) is 12.7. The Balaban J connectivity index is 1.30. The van der Waals surface area contributed by atoms with Crippen LogP contribution in [0.2, 0.25) is 0 Å². The number of pyridine rings is 1. The first kappa shape index (κ1) is 20.0. The first-order valence-electron chi connectivity index (χ1n) is 9.76. The zero-order chi connectivity index (χ0) is 20.8. The summed E-state index contributed by atoms with van der Waals surface area (Å²) >= 11 is 1.52. The quantitative estimate of drug-likeness (QED) is 0.611. The second kappa shape index (κ2) is 9.49. The average molecular weight is 423 g/mol. The van der Waals surface area contributed by atoms with Gasteiger partial charge in [0, 0.05) is 49.0 Å². The van der Waals surface area contributed by atoms with E-state index in [-0.39, 0.29) is 18.2 Å². The molecule has 0 radical (unpaired) electrons. The van der Waals surface area contributed by atoms with Crippen molar-refractivity contribution in [3.63, 3.8) is 0 Å². The number of carbonyl (C=O) groups is 2. The molecule has 0 N–H and O–H groups in total. The van der Waals surface area contributed by atoms with Crippen LogP contribution in [0, 0.1) is 0 Å². The molecule has 2 amide bonds. The third-order valence-electron chi connectivity index (χ3n) is 4.93. The molecule has 154 valence electrons. The summed E-state index contributed by atoms with van der Waals surface area (Å²) in [7, 11) is 0. The number of rotatable bonds is 6. The second-order valence-corrected chi connectivity index (χ2v) is 7.69. The maximum absolute atomic E-state index is 12.9. The summed E-state index contributed by atoms with van der Waals surface area (Å²) in [6.45, 7) is 2.44. The third kappa shape index (κ3) is 5.01. The highest BCUT2D eigenvalue weighted by Crippen LogP contribution is 2.18. The van der Waals surface area contributed by atoms with Gasteiger partial charge in [-0.1, -0.05) is 12.1 Å². The summed E-state index contributed by atoms with van der Waals surface area (Å²) in [6.07, 6.45) is 1.97. The number of amides is 2. The van der Waals surface area contributed by atoms with Crippen molar-refractivity contribution in [1.82, 2.24) is 19.8 Å². The van der Waals surface area contributed by atoms with Crippen LogP contribution < -0.4 is 4.74 Å². The number of piperazine rings is 1. The first-order chi connectivity index (χ1) is 14.7. The van der Waals surface area contributed by atoms with Gasteiger partial charge in [0.05, 0.1) is 17.6 Å². The number of nitrogens with zero attached hydrogens (tertiary/aromatic N) is 4. The van der Waals surface area contributed by atoms with Crippen molar-refractivity contribution in [2.24, 2.45) is 0 Å². The lowest BCUT2D eigenvalue weighted by atomic mass is 10.1. The molecule has 1 fully saturated rings. The summed E-state index contributed by atoms with van der Waals surface area (Å²) in [5.74, 6) is 0.627. The summed E-state index contributed by atoms with van der Waals surface area (Å²) in [5.41, 5.74) is 3.97. The molecule has 8 heteroatoms. The first-order valence-corrected chi connectivity index (χ1v) is 10.7. The Kier molecular flexibility index (Phi) is 6.34. The number of hydrogen-bond acceptors (Lipinski definition) is 6. The van der Waals surface area contributed by atoms with Crippen LogP contribution in [-0.2, 0) is 17.8 Å². The molecule has 0 spiro atoms. The number of benzene rings is 1. The summed E-state index contributed by atoms with van der Waals surface area (Å²) in [4.78, 5) is 37.4. The molecule has 0 bridgehead atoms. The number of carbonyl (C=O) groups excluding carboxylic acids is 2. The van der Waals surface area contributed by atoms with E-state index in [4.69, 9.17) is 4.74 Å². The molecule has 1 aliphatic rings. The number of thiazole rings is 1. The highest BCUT2D eigenvalue weighted by Gasteiger charge is 2.25. The van der Waals surface area contributed by atoms with Crippen molar-refractivity contribution < 1.29 is 14.3 Å². The van der Waals surface area contributed by atoms with Crippen LogP contribution in [0.3, 0.4) is 0 Å². The van der Waals surface area contributed by atoms with Crippen molar-refractivity contribution >= 4 is 23.2 Å². The molecule has 30 heavy (non-hydrogen) atoms. The van der Waals surface area contributed by atoms with E-state index < -0.39 is 0 Å². The minimum absolute atomic E-state index is 0.0400. The van der Waals surface area contributed by atoms with Crippen molar-refractivity contribution in [3.05, 3.63) is 76.5 Å². The Morgan fingerprint density at radius 2 is 1.80 bits per heavy atom. The smallest absolute Gasteiger partial charge is 0.254 e. The Morgan fingerprint density at radius 3 is 2.53 bits per heavy atom. The lowest BCUT2D eigenvalue weighted by molar-refractivity contribution is -0.132. The molecular formula is C22H22N4O3S. The normalized spacial score (nSPS) is 13.9. The Hall–Kier alpha value is -3.26. The minimum Gasteiger partial charge on any atom is -0.487 e. The van der Waals surface area contributed by atoms with E-state index in [9.17, 15) is 9.59 Å². The molecule has 0 atom stereocenters. The zero-order valence-electron chi connectivity index (χ0n) is 16.4. The predicted molar refractivity (Wildman–Crippen MR) is 113 cm³/mol. The van der Waals surface area contributed by atoms with E-state index in [1.54, 1.807) is 33.6 Å². The monoisotopic (exact) mass is 422 g/mol. The van der Waals surface area contributed by atoms with Crippen LogP contribution >= 0.6 is 11.3 Å². The van der Waals surface area contributed by atoms with Gasteiger partial charge in [-0.2, -0.15) is 0 Å². The predicted octanol–water partition coefficient (Wildman–Crippen LogP) is 2.64. The van der Waals surface area contributed by atoms with Crippen molar-refractivity contribution in [1.29, 1.82) is 0 Å². The van der Waals surface area contributed by atoms with Gasteiger partial charge in [0.15, 0.2) is 0 Å². The maximum atomic E-state index is 12.9. The van der Waals surface area contributed by atoms with E-state index in [0.29, 0.717) is 44.1 Å². The number of aromatic nitrogens is 2. The molecule has 3 aromatic rings. The molecule has 1 saturated heterocycles. The van der Waals surface area contributed by atoms with Crippen molar-refractivity contribution in [2.75, 3.05) is 26.2 Å². The van der Waals surface area contributed by atoms with Gasteiger partial charge in [0.25, 0.3) is 5.91 Å². The van der Waals surface area contributed by atoms with E-state index in [1.165, 1.54) is 11.3 Å². The third-order valence-corrected chi connectivity index (χ3v) is 5.56. The van der Waals surface area contributed by atoms with Gasteiger partial charge in [-0.15, -0.1) is 11.3 Å². The van der Waals surface area contributed by atoms with E-state index in [0.717, 1.165) is 11.4 Å². The standard InChI is InChI=1S/C22H22N4O3S/c27-21(13-18-5-1-2-7-23-18)25-8-10-26(11-9-25)22(28)17-4-3-6-20(12-17)29-14-19-15-30-16-24-19/h1-7,12,15-16H,8-11,13-14H2. The topological polar surface area (TPSA) is 75.6 Å². The Labute approximate surface area is 178 Å². The van der Waals surface area contributed by atoms with Crippen LogP contribution in [0.15, 0.2) is 59.6 Å². The van der Waals surface area contributed by atoms with Gasteiger partial charge < -0.3 is 14.5 Å². The lowest BCUT2D eigenvalue weighted by Gasteiger charge is -2.35. The molecule has 0 unspecified atom stereocenters. The summed E-state index contributed by atoms with van der Waals surface area (Å²) < 4.78 is 5.75. The Morgan fingerprint density at radius 1 is 0.967 bits per heavy atom. The van der Waals surface area contributed by atoms with Gasteiger partial charge >= 0.3 is 0 Å². The van der Waals surface area contributed by atoms with Gasteiger partial charge in [-0.05, 0) is 30.3 Å². The molecule has 2 aromatic heterocycles. The molecule has 3 heterocycles. The highest BCUT2D eigenvalue weighted by molar-refractivity contribution is 7.07. The molecule has 7 nitrogen and oxygen atoms in total. The van der Waals surface area contributed by atoms with E-state index in [2.05, 4.69) is 9.97 Å². The van der Waals surface area contributed by atoms with Gasteiger partial charge in [0.1, 0.15) is 12.4 Å². The van der Waals surface area contributed by atoms with Crippen LogP contribution in [0.25, 0.3) is 0 Å². The molecule has 1 aromatic carbocycles. The fraction of sp³-hybridized carbons (Fsp3) is 0.273. The number of ether oxygens (including phenoxy) is 1. The fourth-order valence-corrected chi connectivity index (χ4v) is 3.84. The van der Waals surface area contributed by atoms with Crippen molar-refractivity contribution in [2.45, 2.75) is 13.0 Å². The molecule has 1 aliphatic heterocycles. The van der Waals surface area contributed by atoms with Crippen molar-refractivity contribution in [3.8, 4) is 5.75 Å². The molecular weight excluding hydrogens is 400 g/mol. The SMILES string of the molecule is O=C(Cc1ccccn1)N1CCN(C(=O)c2cccc(OCc3cscn3)c2)CC1.